The van der Waals surface area contributed by atoms with E-state index >= 15 is 0 Å². The topological polar surface area (TPSA) is 56.2 Å². The lowest BCUT2D eigenvalue weighted by Crippen LogP contribution is -2.44. The zero-order chi connectivity index (χ0) is 18.6. The Hall–Kier alpha value is -2.21. The van der Waals surface area contributed by atoms with Crippen LogP contribution in [0.2, 0.25) is 0 Å². The maximum Gasteiger partial charge on any atom is 0.254 e. The molecular weight excluding hydrogens is 333 g/mol. The van der Waals surface area contributed by atoms with E-state index in [4.69, 9.17) is 4.74 Å². The highest BCUT2D eigenvalue weighted by Crippen LogP contribution is 2.34. The van der Waals surface area contributed by atoms with Crippen molar-refractivity contribution < 1.29 is 13.9 Å². The summed E-state index contributed by atoms with van der Waals surface area (Å²) in [6.45, 7) is 6.39. The van der Waals surface area contributed by atoms with Crippen molar-refractivity contribution in [2.75, 3.05) is 19.8 Å². The molecule has 1 amide bonds. The first-order chi connectivity index (χ1) is 12.5. The Morgan fingerprint density at radius 3 is 2.85 bits per heavy atom. The van der Waals surface area contributed by atoms with E-state index in [0.717, 1.165) is 37.1 Å². The first-order valence-corrected chi connectivity index (χ1v) is 9.20. The molecule has 1 aromatic heterocycles. The number of nitrogens with zero attached hydrogens (tertiary/aromatic N) is 2. The monoisotopic (exact) mass is 359 g/mol. The molecule has 0 saturated carbocycles. The third-order valence-electron chi connectivity index (χ3n) is 5.12. The number of ether oxygens (including phenoxy) is 1. The number of hydrogen-bond acceptors (Lipinski definition) is 3. The third-order valence-corrected chi connectivity index (χ3v) is 5.12. The maximum atomic E-state index is 13.8. The fourth-order valence-electron chi connectivity index (χ4n) is 3.58. The summed E-state index contributed by atoms with van der Waals surface area (Å²) in [5.41, 5.74) is 1.94. The lowest BCUT2D eigenvalue weighted by molar-refractivity contribution is 0.0486. The van der Waals surface area contributed by atoms with Crippen molar-refractivity contribution in [3.8, 4) is 0 Å². The van der Waals surface area contributed by atoms with Crippen LogP contribution < -0.4 is 5.32 Å². The van der Waals surface area contributed by atoms with E-state index in [0.29, 0.717) is 25.3 Å². The fraction of sp³-hybridized carbons (Fsp3) is 0.500. The minimum absolute atomic E-state index is 0.132. The van der Waals surface area contributed by atoms with Crippen LogP contribution >= 0.6 is 0 Å². The van der Waals surface area contributed by atoms with Crippen molar-refractivity contribution >= 4 is 5.91 Å². The van der Waals surface area contributed by atoms with Crippen LogP contribution in [0.3, 0.4) is 0 Å². The van der Waals surface area contributed by atoms with E-state index in [1.807, 2.05) is 13.0 Å². The molecule has 1 aromatic carbocycles. The van der Waals surface area contributed by atoms with Gasteiger partial charge in [-0.05, 0) is 43.9 Å². The Balaban J connectivity index is 1.77. The molecule has 0 unspecified atom stereocenters. The molecule has 2 aromatic rings. The summed E-state index contributed by atoms with van der Waals surface area (Å²) in [6.07, 6.45) is 4.27. The van der Waals surface area contributed by atoms with E-state index in [-0.39, 0.29) is 17.1 Å². The minimum Gasteiger partial charge on any atom is -0.381 e. The Bertz CT molecular complexity index is 766. The Labute approximate surface area is 153 Å². The van der Waals surface area contributed by atoms with Crippen molar-refractivity contribution in [1.29, 1.82) is 0 Å². The molecule has 0 spiro atoms. The average molecular weight is 359 g/mol. The number of halogens is 1. The first-order valence-electron chi connectivity index (χ1n) is 9.20. The molecule has 2 heterocycles. The molecule has 0 bridgehead atoms. The van der Waals surface area contributed by atoms with E-state index in [1.54, 1.807) is 23.0 Å². The van der Waals surface area contributed by atoms with Gasteiger partial charge in [0.25, 0.3) is 5.91 Å². The van der Waals surface area contributed by atoms with Crippen LogP contribution in [-0.4, -0.2) is 35.4 Å². The molecule has 1 aliphatic heterocycles. The second-order valence-corrected chi connectivity index (χ2v) is 6.98. The van der Waals surface area contributed by atoms with Gasteiger partial charge in [0.2, 0.25) is 0 Å². The van der Waals surface area contributed by atoms with Crippen LogP contribution in [0.25, 0.3) is 0 Å². The van der Waals surface area contributed by atoms with Gasteiger partial charge in [0, 0.05) is 37.9 Å². The van der Waals surface area contributed by atoms with Crippen molar-refractivity contribution in [2.45, 2.75) is 45.1 Å². The quantitative estimate of drug-likeness (QED) is 0.862. The first kappa shape index (κ1) is 18.6. The summed E-state index contributed by atoms with van der Waals surface area (Å²) >= 11 is 0. The van der Waals surface area contributed by atoms with Crippen LogP contribution in [0.4, 0.5) is 4.39 Å². The van der Waals surface area contributed by atoms with Gasteiger partial charge in [-0.15, -0.1) is 0 Å². The summed E-state index contributed by atoms with van der Waals surface area (Å²) in [5, 5.41) is 7.44. The van der Waals surface area contributed by atoms with Gasteiger partial charge in [-0.2, -0.15) is 5.10 Å². The number of aromatic nitrogens is 2. The van der Waals surface area contributed by atoms with E-state index in [1.165, 1.54) is 6.07 Å². The summed E-state index contributed by atoms with van der Waals surface area (Å²) in [5.74, 6) is -0.386. The summed E-state index contributed by atoms with van der Waals surface area (Å²) in [4.78, 5) is 12.7. The summed E-state index contributed by atoms with van der Waals surface area (Å²) < 4.78 is 21.1. The molecule has 1 aliphatic rings. The largest absolute Gasteiger partial charge is 0.381 e. The molecule has 26 heavy (non-hydrogen) atoms. The number of amides is 1. The SMILES string of the molecule is CCCn1cc(C(=O)NCC2(c3cccc(F)c3)CCOCC2)c(C)n1. The van der Waals surface area contributed by atoms with Crippen molar-refractivity contribution in [3.63, 3.8) is 0 Å². The fourth-order valence-corrected chi connectivity index (χ4v) is 3.58. The van der Waals surface area contributed by atoms with Gasteiger partial charge >= 0.3 is 0 Å². The second kappa shape index (κ2) is 7.99. The predicted octanol–water partition coefficient (Wildman–Crippen LogP) is 3.22. The molecular formula is C20H26FN3O2. The van der Waals surface area contributed by atoms with Gasteiger partial charge in [0.15, 0.2) is 0 Å². The van der Waals surface area contributed by atoms with Crippen molar-refractivity contribution in [2.24, 2.45) is 0 Å². The van der Waals surface area contributed by atoms with Crippen LogP contribution in [0, 0.1) is 12.7 Å². The number of rotatable bonds is 6. The Morgan fingerprint density at radius 1 is 1.38 bits per heavy atom. The predicted molar refractivity (Wildman–Crippen MR) is 97.7 cm³/mol. The van der Waals surface area contributed by atoms with Crippen molar-refractivity contribution in [1.82, 2.24) is 15.1 Å². The number of hydrogen-bond donors (Lipinski definition) is 1. The molecule has 5 nitrogen and oxygen atoms in total. The minimum atomic E-state index is -0.302. The number of nitrogens with one attached hydrogen (secondary N) is 1. The molecule has 0 atom stereocenters. The van der Waals surface area contributed by atoms with Gasteiger partial charge in [0.1, 0.15) is 5.82 Å². The van der Waals surface area contributed by atoms with E-state index in [2.05, 4.69) is 17.3 Å². The van der Waals surface area contributed by atoms with Gasteiger partial charge in [-0.3, -0.25) is 9.48 Å². The van der Waals surface area contributed by atoms with Crippen LogP contribution in [-0.2, 0) is 16.7 Å². The molecule has 140 valence electrons. The standard InChI is InChI=1S/C20H26FN3O2/c1-3-9-24-13-18(15(2)23-24)19(25)22-14-20(7-10-26-11-8-20)16-5-4-6-17(21)12-16/h4-6,12-13H,3,7-11,14H2,1-2H3,(H,22,25). The van der Waals surface area contributed by atoms with E-state index in [9.17, 15) is 9.18 Å². The Kier molecular flexibility index (Phi) is 5.71. The zero-order valence-electron chi connectivity index (χ0n) is 15.4. The normalized spacial score (nSPS) is 16.4. The Morgan fingerprint density at radius 2 is 2.15 bits per heavy atom. The number of aryl methyl sites for hydroxylation is 2. The number of carbonyl (C=O) groups excluding carboxylic acids is 1. The molecule has 0 aliphatic carbocycles. The summed E-state index contributed by atoms with van der Waals surface area (Å²) in [7, 11) is 0. The van der Waals surface area contributed by atoms with Crippen LogP contribution in [0.1, 0.15) is 47.8 Å². The summed E-state index contributed by atoms with van der Waals surface area (Å²) in [6, 6.07) is 6.68. The highest BCUT2D eigenvalue weighted by Gasteiger charge is 2.35. The average Bonchev–Trinajstić information content (AvgIpc) is 3.01. The van der Waals surface area contributed by atoms with Gasteiger partial charge < -0.3 is 10.1 Å². The van der Waals surface area contributed by atoms with E-state index < -0.39 is 0 Å². The van der Waals surface area contributed by atoms with Gasteiger partial charge in [-0.1, -0.05) is 19.1 Å². The molecule has 1 N–H and O–H groups in total. The number of benzene rings is 1. The lowest BCUT2D eigenvalue weighted by Gasteiger charge is -2.38. The maximum absolute atomic E-state index is 13.8. The second-order valence-electron chi connectivity index (χ2n) is 6.98. The van der Waals surface area contributed by atoms with Crippen molar-refractivity contribution in [3.05, 3.63) is 53.1 Å². The molecule has 1 fully saturated rings. The smallest absolute Gasteiger partial charge is 0.254 e. The zero-order valence-corrected chi connectivity index (χ0v) is 15.4. The van der Waals surface area contributed by atoms with Crippen LogP contribution in [0.15, 0.2) is 30.5 Å². The molecule has 3 rings (SSSR count). The molecule has 1 saturated heterocycles. The van der Waals surface area contributed by atoms with Crippen LogP contribution in [0.5, 0.6) is 0 Å². The molecule has 6 heteroatoms. The highest BCUT2D eigenvalue weighted by atomic mass is 19.1. The van der Waals surface area contributed by atoms with Gasteiger partial charge in [-0.25, -0.2) is 4.39 Å². The molecule has 0 radical (unpaired) electrons. The highest BCUT2D eigenvalue weighted by molar-refractivity contribution is 5.95. The van der Waals surface area contributed by atoms with Gasteiger partial charge in [0.05, 0.1) is 11.3 Å². The lowest BCUT2D eigenvalue weighted by atomic mass is 9.74. The third kappa shape index (κ3) is 3.96. The number of carbonyl (C=O) groups is 1.